The molecule has 0 amide bonds. The first-order valence-corrected chi connectivity index (χ1v) is 11.4. The number of nitrogens with zero attached hydrogens (tertiary/aromatic N) is 3. The van der Waals surface area contributed by atoms with Gasteiger partial charge in [-0.05, 0) is 31.0 Å². The Morgan fingerprint density at radius 3 is 2.63 bits per heavy atom. The summed E-state index contributed by atoms with van der Waals surface area (Å²) in [7, 11) is -1.44. The summed E-state index contributed by atoms with van der Waals surface area (Å²) in [6, 6.07) is 11.6. The van der Waals surface area contributed by atoms with Crippen LogP contribution in [0.2, 0.25) is 0 Å². The van der Waals surface area contributed by atoms with Crippen molar-refractivity contribution in [3.63, 3.8) is 0 Å². The number of hydrogen-bond acceptors (Lipinski definition) is 5. The number of benzene rings is 1. The van der Waals surface area contributed by atoms with E-state index in [1.807, 2.05) is 36.2 Å². The van der Waals surface area contributed by atoms with Crippen LogP contribution in [0.5, 0.6) is 0 Å². The van der Waals surface area contributed by atoms with Gasteiger partial charge in [0.2, 0.25) is 10.0 Å². The molecule has 3 heterocycles. The maximum atomic E-state index is 12.7. The number of aromatic amines is 1. The molecule has 8 heteroatoms. The van der Waals surface area contributed by atoms with Crippen molar-refractivity contribution in [2.24, 2.45) is 0 Å². The predicted molar refractivity (Wildman–Crippen MR) is 107 cm³/mol. The van der Waals surface area contributed by atoms with Crippen molar-refractivity contribution in [2.75, 3.05) is 25.0 Å². The molecule has 1 N–H and O–H groups in total. The Bertz CT molecular complexity index is 992. The monoisotopic (exact) mass is 403 g/mol. The highest BCUT2D eigenvalue weighted by Gasteiger charge is 2.27. The van der Waals surface area contributed by atoms with Crippen molar-refractivity contribution < 1.29 is 13.4 Å². The molecule has 0 spiro atoms. The number of sulfonamides is 1. The van der Waals surface area contributed by atoms with Crippen LogP contribution in [0.4, 0.5) is 5.82 Å². The standard InChI is InChI=1S/C19H22N4O2S2/c1-22(14-19-21-16-7-3-4-8-17(16)26-19)18-10-9-15(13-20-18)27(24,25)23-11-5-2-6-12-23/h3-4,7-10,13H,2,5-6,11-12,14H2,1H3/p+1. The Hall–Kier alpha value is -2.03. The number of aromatic nitrogens is 2. The molecule has 4 rings (SSSR count). The lowest BCUT2D eigenvalue weighted by atomic mass is 10.2. The van der Waals surface area contributed by atoms with E-state index in [9.17, 15) is 8.42 Å². The minimum Gasteiger partial charge on any atom is -0.258 e. The van der Waals surface area contributed by atoms with Crippen LogP contribution in [0.1, 0.15) is 24.3 Å². The smallest absolute Gasteiger partial charge is 0.258 e. The zero-order chi connectivity index (χ0) is 18.9. The van der Waals surface area contributed by atoms with E-state index in [-0.39, 0.29) is 0 Å². The Balaban J connectivity index is 1.49. The fourth-order valence-corrected chi connectivity index (χ4v) is 5.84. The zero-order valence-electron chi connectivity index (χ0n) is 15.3. The Morgan fingerprint density at radius 2 is 1.93 bits per heavy atom. The van der Waals surface area contributed by atoms with Gasteiger partial charge in [-0.1, -0.05) is 18.6 Å². The number of hydrogen-bond donors (Lipinski definition) is 0. The molecule has 3 aromatic rings. The van der Waals surface area contributed by atoms with Gasteiger partial charge in [-0.3, -0.25) is 4.90 Å². The normalized spacial score (nSPS) is 15.9. The van der Waals surface area contributed by atoms with Crippen LogP contribution in [0, 0.1) is 0 Å². The molecule has 0 atom stereocenters. The number of pyridine rings is 1. The van der Waals surface area contributed by atoms with E-state index >= 15 is 0 Å². The van der Waals surface area contributed by atoms with Gasteiger partial charge in [0.15, 0.2) is 0 Å². The molecule has 0 aliphatic carbocycles. The van der Waals surface area contributed by atoms with Gasteiger partial charge in [-0.2, -0.15) is 4.31 Å². The van der Waals surface area contributed by atoms with Gasteiger partial charge in [-0.25, -0.2) is 18.4 Å². The van der Waals surface area contributed by atoms with E-state index in [1.165, 1.54) is 4.70 Å². The van der Waals surface area contributed by atoms with Crippen LogP contribution in [0.15, 0.2) is 47.5 Å². The molecular weight excluding hydrogens is 380 g/mol. The molecular formula is C19H23N4O2S2+. The lowest BCUT2D eigenvalue weighted by molar-refractivity contribution is -0.367. The molecule has 0 bridgehead atoms. The van der Waals surface area contributed by atoms with Crippen molar-refractivity contribution in [3.05, 3.63) is 47.6 Å². The minimum atomic E-state index is -3.41. The summed E-state index contributed by atoms with van der Waals surface area (Å²) in [6.07, 6.45) is 4.57. The lowest BCUT2D eigenvalue weighted by Crippen LogP contribution is -2.36. The number of thiazole rings is 1. The minimum absolute atomic E-state index is 0.321. The zero-order valence-corrected chi connectivity index (χ0v) is 16.9. The fraction of sp³-hybridized carbons (Fsp3) is 0.368. The van der Waals surface area contributed by atoms with Crippen LogP contribution >= 0.6 is 11.3 Å². The predicted octanol–water partition coefficient (Wildman–Crippen LogP) is 2.92. The molecule has 1 fully saturated rings. The number of anilines is 1. The Morgan fingerprint density at radius 1 is 1.15 bits per heavy atom. The van der Waals surface area contributed by atoms with Gasteiger partial charge in [-0.15, -0.1) is 11.3 Å². The van der Waals surface area contributed by atoms with E-state index in [0.717, 1.165) is 35.6 Å². The maximum absolute atomic E-state index is 12.7. The van der Waals surface area contributed by atoms with Crippen LogP contribution < -0.4 is 9.88 Å². The summed E-state index contributed by atoms with van der Waals surface area (Å²) in [5.74, 6) is 0.854. The van der Waals surface area contributed by atoms with Crippen molar-refractivity contribution in [3.8, 4) is 0 Å². The van der Waals surface area contributed by atoms with Crippen molar-refractivity contribution in [2.45, 2.75) is 30.7 Å². The molecule has 6 nitrogen and oxygen atoms in total. The van der Waals surface area contributed by atoms with E-state index < -0.39 is 10.0 Å². The highest BCUT2D eigenvalue weighted by atomic mass is 32.2. The van der Waals surface area contributed by atoms with Gasteiger partial charge in [0.1, 0.15) is 22.6 Å². The summed E-state index contributed by atoms with van der Waals surface area (Å²) in [4.78, 5) is 10.1. The molecule has 2 aromatic heterocycles. The van der Waals surface area contributed by atoms with Crippen LogP contribution in [0.25, 0.3) is 10.2 Å². The first kappa shape index (κ1) is 18.3. The highest BCUT2D eigenvalue weighted by Crippen LogP contribution is 2.24. The Kier molecular flexibility index (Phi) is 5.12. The van der Waals surface area contributed by atoms with Crippen molar-refractivity contribution >= 4 is 37.4 Å². The second-order valence-electron chi connectivity index (χ2n) is 6.81. The van der Waals surface area contributed by atoms with E-state index in [4.69, 9.17) is 0 Å². The molecule has 27 heavy (non-hydrogen) atoms. The Labute approximate surface area is 163 Å². The largest absolute Gasteiger partial charge is 0.274 e. The molecule has 0 unspecified atom stereocenters. The molecule has 142 valence electrons. The first-order chi connectivity index (χ1) is 13.0. The summed E-state index contributed by atoms with van der Waals surface area (Å²) in [5, 5.41) is 1.03. The van der Waals surface area contributed by atoms with E-state index in [2.05, 4.69) is 16.0 Å². The van der Waals surface area contributed by atoms with E-state index in [1.54, 1.807) is 27.9 Å². The number of piperidine rings is 1. The fourth-order valence-electron chi connectivity index (χ4n) is 3.33. The third kappa shape index (κ3) is 3.83. The highest BCUT2D eigenvalue weighted by molar-refractivity contribution is 7.89. The first-order valence-electron chi connectivity index (χ1n) is 9.11. The van der Waals surface area contributed by atoms with Crippen LogP contribution in [-0.4, -0.2) is 37.8 Å². The summed E-state index contributed by atoms with van der Waals surface area (Å²) in [6.45, 7) is 1.89. The second-order valence-corrected chi connectivity index (χ2v) is 9.86. The molecule has 1 saturated heterocycles. The second kappa shape index (κ2) is 7.53. The van der Waals surface area contributed by atoms with Crippen LogP contribution in [-0.2, 0) is 16.6 Å². The molecule has 0 saturated carbocycles. The topological polar surface area (TPSA) is 67.7 Å². The number of para-hydroxylation sites is 1. The molecule has 1 aliphatic rings. The number of fused-ring (bicyclic) bond motifs is 1. The summed E-state index contributed by atoms with van der Waals surface area (Å²) >= 11 is 1.68. The molecule has 0 radical (unpaired) electrons. The van der Waals surface area contributed by atoms with Gasteiger partial charge in [0.25, 0.3) is 5.82 Å². The van der Waals surface area contributed by atoms with Crippen molar-refractivity contribution in [1.82, 2.24) is 9.29 Å². The van der Waals surface area contributed by atoms with Gasteiger partial charge in [0, 0.05) is 19.2 Å². The third-order valence-corrected chi connectivity index (χ3v) is 7.76. The summed E-state index contributed by atoms with van der Waals surface area (Å²) < 4.78 is 28.2. The third-order valence-electron chi connectivity index (χ3n) is 4.84. The van der Waals surface area contributed by atoms with Gasteiger partial charge >= 0.3 is 0 Å². The summed E-state index contributed by atoms with van der Waals surface area (Å²) in [5.41, 5.74) is 1.01. The maximum Gasteiger partial charge on any atom is 0.274 e. The number of nitrogens with one attached hydrogen (secondary N) is 1. The average molecular weight is 404 g/mol. The lowest BCUT2D eigenvalue weighted by Gasteiger charge is -2.25. The number of H-pyrrole nitrogens is 1. The van der Waals surface area contributed by atoms with Crippen LogP contribution in [0.3, 0.4) is 0 Å². The average Bonchev–Trinajstić information content (AvgIpc) is 3.11. The van der Waals surface area contributed by atoms with Gasteiger partial charge in [0.05, 0.1) is 17.3 Å². The van der Waals surface area contributed by atoms with Crippen molar-refractivity contribution in [1.29, 1.82) is 0 Å². The van der Waals surface area contributed by atoms with Gasteiger partial charge < -0.3 is 0 Å². The molecule has 1 aromatic carbocycles. The number of rotatable bonds is 5. The SMILES string of the molecule is CN(Cc1nc2ccccc2s1)c1ccc(S(=O)(=O)N2CCCCC2)c[nH+]1. The molecule has 1 aliphatic heterocycles. The quantitative estimate of drug-likeness (QED) is 0.657. The van der Waals surface area contributed by atoms with E-state index in [0.29, 0.717) is 24.5 Å².